The van der Waals surface area contributed by atoms with Gasteiger partial charge in [-0.2, -0.15) is 0 Å². The molecule has 0 fully saturated rings. The van der Waals surface area contributed by atoms with E-state index in [4.69, 9.17) is 5.73 Å². The minimum absolute atomic E-state index is 0.427. The van der Waals surface area contributed by atoms with Crippen LogP contribution in [0.4, 0.5) is 0 Å². The van der Waals surface area contributed by atoms with Crippen LogP contribution in [0.2, 0.25) is 0 Å². The molecule has 0 aliphatic carbocycles. The smallest absolute Gasteiger partial charge is 0.0555 e. The molecule has 0 aliphatic rings. The highest BCUT2D eigenvalue weighted by Crippen LogP contribution is 2.05. The first-order chi connectivity index (χ1) is 6.36. The van der Waals surface area contributed by atoms with Gasteiger partial charge in [-0.25, -0.2) is 0 Å². The van der Waals surface area contributed by atoms with E-state index in [9.17, 15) is 0 Å². The zero-order valence-corrected chi connectivity index (χ0v) is 8.01. The van der Waals surface area contributed by atoms with Crippen molar-refractivity contribution in [2.24, 2.45) is 5.73 Å². The van der Waals surface area contributed by atoms with Crippen LogP contribution in [-0.2, 0) is 6.42 Å². The second-order valence-electron chi connectivity index (χ2n) is 2.95. The maximum atomic E-state index is 5.28. The summed E-state index contributed by atoms with van der Waals surface area (Å²) in [5, 5.41) is 0. The van der Waals surface area contributed by atoms with Crippen molar-refractivity contribution in [1.29, 1.82) is 0 Å². The molecule has 0 aliphatic heterocycles. The Morgan fingerprint density at radius 1 is 1.23 bits per heavy atom. The maximum Gasteiger partial charge on any atom is 0.0555 e. The van der Waals surface area contributed by atoms with E-state index in [-0.39, 0.29) is 0 Å². The van der Waals surface area contributed by atoms with Crippen molar-refractivity contribution in [2.45, 2.75) is 19.8 Å². The third-order valence-corrected chi connectivity index (χ3v) is 1.83. The fraction of sp³-hybridized carbons (Fsp3) is 0.333. The third kappa shape index (κ3) is 3.31. The van der Waals surface area contributed by atoms with Gasteiger partial charge in [0.25, 0.3) is 0 Å². The van der Waals surface area contributed by atoms with Gasteiger partial charge in [-0.1, -0.05) is 37.3 Å². The minimum Gasteiger partial charge on any atom is -0.320 e. The highest BCUT2D eigenvalue weighted by atomic mass is 14.5. The van der Waals surface area contributed by atoms with Crippen molar-refractivity contribution < 1.29 is 0 Å². The zero-order valence-electron chi connectivity index (χ0n) is 8.01. The van der Waals surface area contributed by atoms with Gasteiger partial charge in [0.2, 0.25) is 0 Å². The second kappa shape index (κ2) is 5.40. The molecule has 0 amide bonds. The SMILES string of the molecule is CCCc1ccc(C#CCN)cc1. The van der Waals surface area contributed by atoms with Gasteiger partial charge < -0.3 is 5.73 Å². The number of nitrogens with two attached hydrogens (primary N) is 1. The van der Waals surface area contributed by atoms with Crippen LogP contribution in [0, 0.1) is 11.8 Å². The van der Waals surface area contributed by atoms with E-state index in [0.29, 0.717) is 6.54 Å². The molecule has 1 nitrogen and oxygen atoms in total. The molecule has 0 aromatic heterocycles. The number of aryl methyl sites for hydroxylation is 1. The zero-order chi connectivity index (χ0) is 9.52. The number of hydrogen-bond acceptors (Lipinski definition) is 1. The molecular weight excluding hydrogens is 158 g/mol. The summed E-state index contributed by atoms with van der Waals surface area (Å²) >= 11 is 0. The summed E-state index contributed by atoms with van der Waals surface area (Å²) < 4.78 is 0. The van der Waals surface area contributed by atoms with E-state index < -0.39 is 0 Å². The Labute approximate surface area is 80.0 Å². The van der Waals surface area contributed by atoms with Crippen molar-refractivity contribution >= 4 is 0 Å². The summed E-state index contributed by atoms with van der Waals surface area (Å²) in [4.78, 5) is 0. The lowest BCUT2D eigenvalue weighted by atomic mass is 10.1. The Kier molecular flexibility index (Phi) is 4.08. The highest BCUT2D eigenvalue weighted by molar-refractivity contribution is 5.36. The number of benzene rings is 1. The van der Waals surface area contributed by atoms with Crippen LogP contribution in [0.15, 0.2) is 24.3 Å². The summed E-state index contributed by atoms with van der Waals surface area (Å²) in [5.41, 5.74) is 7.70. The molecule has 1 heteroatoms. The molecule has 0 saturated carbocycles. The largest absolute Gasteiger partial charge is 0.320 e. The first-order valence-corrected chi connectivity index (χ1v) is 4.64. The first-order valence-electron chi connectivity index (χ1n) is 4.64. The van der Waals surface area contributed by atoms with Gasteiger partial charge >= 0.3 is 0 Å². The van der Waals surface area contributed by atoms with Gasteiger partial charge in [-0.15, -0.1) is 0 Å². The molecule has 68 valence electrons. The van der Waals surface area contributed by atoms with Crippen molar-refractivity contribution in [3.8, 4) is 11.8 Å². The molecule has 1 aromatic carbocycles. The van der Waals surface area contributed by atoms with Crippen molar-refractivity contribution in [1.82, 2.24) is 0 Å². The van der Waals surface area contributed by atoms with E-state index >= 15 is 0 Å². The lowest BCUT2D eigenvalue weighted by molar-refractivity contribution is 0.922. The van der Waals surface area contributed by atoms with E-state index in [1.165, 1.54) is 12.0 Å². The minimum atomic E-state index is 0.427. The molecule has 13 heavy (non-hydrogen) atoms. The summed E-state index contributed by atoms with van der Waals surface area (Å²) in [5.74, 6) is 5.83. The second-order valence-corrected chi connectivity index (χ2v) is 2.95. The molecule has 0 bridgehead atoms. The monoisotopic (exact) mass is 173 g/mol. The van der Waals surface area contributed by atoms with Crippen molar-refractivity contribution in [3.63, 3.8) is 0 Å². The van der Waals surface area contributed by atoms with Gasteiger partial charge in [0, 0.05) is 5.56 Å². The van der Waals surface area contributed by atoms with Crippen LogP contribution < -0.4 is 5.73 Å². The lowest BCUT2D eigenvalue weighted by Crippen LogP contribution is -1.93. The summed E-state index contributed by atoms with van der Waals surface area (Å²) in [6.45, 7) is 2.61. The third-order valence-electron chi connectivity index (χ3n) is 1.83. The van der Waals surface area contributed by atoms with Crippen molar-refractivity contribution in [3.05, 3.63) is 35.4 Å². The van der Waals surface area contributed by atoms with Crippen LogP contribution in [0.5, 0.6) is 0 Å². The molecule has 0 heterocycles. The summed E-state index contributed by atoms with van der Waals surface area (Å²) in [7, 11) is 0. The van der Waals surface area contributed by atoms with E-state index in [1.807, 2.05) is 12.1 Å². The normalized spacial score (nSPS) is 9.08. The Morgan fingerprint density at radius 2 is 1.92 bits per heavy atom. The van der Waals surface area contributed by atoms with Crippen LogP contribution in [0.25, 0.3) is 0 Å². The van der Waals surface area contributed by atoms with Crippen LogP contribution >= 0.6 is 0 Å². The summed E-state index contributed by atoms with van der Waals surface area (Å²) in [6.07, 6.45) is 2.33. The van der Waals surface area contributed by atoms with Gasteiger partial charge in [-0.3, -0.25) is 0 Å². The van der Waals surface area contributed by atoms with Crippen LogP contribution in [0.1, 0.15) is 24.5 Å². The fourth-order valence-corrected chi connectivity index (χ4v) is 1.20. The van der Waals surface area contributed by atoms with E-state index in [1.54, 1.807) is 0 Å². The quantitative estimate of drug-likeness (QED) is 0.680. The average molecular weight is 173 g/mol. The van der Waals surface area contributed by atoms with Gasteiger partial charge in [0.1, 0.15) is 0 Å². The highest BCUT2D eigenvalue weighted by Gasteiger charge is 1.90. The molecular formula is C12H15N. The number of hydrogen-bond donors (Lipinski definition) is 1. The van der Waals surface area contributed by atoms with Crippen LogP contribution in [0.3, 0.4) is 0 Å². The first kappa shape index (κ1) is 9.83. The molecule has 1 aromatic rings. The molecule has 0 spiro atoms. The van der Waals surface area contributed by atoms with Gasteiger partial charge in [0.15, 0.2) is 0 Å². The van der Waals surface area contributed by atoms with Crippen LogP contribution in [-0.4, -0.2) is 6.54 Å². The fourth-order valence-electron chi connectivity index (χ4n) is 1.20. The average Bonchev–Trinajstić information content (AvgIpc) is 2.17. The Hall–Kier alpha value is -1.26. The molecule has 0 unspecified atom stereocenters. The van der Waals surface area contributed by atoms with Crippen molar-refractivity contribution in [2.75, 3.05) is 6.54 Å². The van der Waals surface area contributed by atoms with E-state index in [2.05, 4.69) is 30.9 Å². The van der Waals surface area contributed by atoms with Gasteiger partial charge in [0.05, 0.1) is 6.54 Å². The predicted molar refractivity (Wildman–Crippen MR) is 56.4 cm³/mol. The molecule has 0 radical (unpaired) electrons. The Bertz CT molecular complexity index is 300. The lowest BCUT2D eigenvalue weighted by Gasteiger charge is -1.97. The maximum absolute atomic E-state index is 5.28. The van der Waals surface area contributed by atoms with Gasteiger partial charge in [-0.05, 0) is 24.1 Å². The number of rotatable bonds is 2. The topological polar surface area (TPSA) is 26.0 Å². The predicted octanol–water partition coefficient (Wildman–Crippen LogP) is 1.95. The Morgan fingerprint density at radius 3 is 2.46 bits per heavy atom. The summed E-state index contributed by atoms with van der Waals surface area (Å²) in [6, 6.07) is 8.36. The molecule has 0 saturated heterocycles. The Balaban J connectivity index is 2.69. The molecule has 2 N–H and O–H groups in total. The molecule has 1 rings (SSSR count). The standard InChI is InChI=1S/C12H15N/c1-2-4-11-6-8-12(9-7-11)5-3-10-13/h6-9H,2,4,10,13H2,1H3. The van der Waals surface area contributed by atoms with E-state index in [0.717, 1.165) is 12.0 Å². The molecule has 0 atom stereocenters.